The van der Waals surface area contributed by atoms with Crippen molar-refractivity contribution in [2.24, 2.45) is 0 Å². The summed E-state index contributed by atoms with van der Waals surface area (Å²) in [7, 11) is 0. The largest absolute Gasteiger partial charge is 0.463 e. The summed E-state index contributed by atoms with van der Waals surface area (Å²) in [6.45, 7) is 3.04. The monoisotopic (exact) mass is 736 g/mol. The van der Waals surface area contributed by atoms with Crippen LogP contribution in [0.25, 0.3) is 0 Å². The SMILES string of the molecule is CC(=O)OC[C@H]1O[C@@H](Oc2ccc(C(=O)OCc3ccccc3O[C@@H]3O[C@H](CO)[C@@H](O)[C@H](O)[C@H]3O)cc2)[C@H](OC(C)=O)[C@@H](OC(C)=O)[C@@H]1OC(C)=O. The summed E-state index contributed by atoms with van der Waals surface area (Å²) in [6, 6.07) is 11.8. The molecule has 2 aliphatic rings. The molecule has 0 aromatic heterocycles. The van der Waals surface area contributed by atoms with Crippen molar-refractivity contribution in [3.05, 3.63) is 59.7 Å². The Morgan fingerprint density at radius 2 is 1.23 bits per heavy atom. The summed E-state index contributed by atoms with van der Waals surface area (Å²) < 4.78 is 49.6. The molecule has 0 aliphatic carbocycles. The molecular formula is C34H40O18. The molecule has 0 bridgehead atoms. The molecule has 2 saturated heterocycles. The number of carbonyl (C=O) groups excluding carboxylic acids is 5. The molecule has 2 heterocycles. The van der Waals surface area contributed by atoms with E-state index in [0.717, 1.165) is 27.7 Å². The molecule has 2 aromatic rings. The Labute approximate surface area is 297 Å². The first kappa shape index (κ1) is 39.9. The molecule has 2 aliphatic heterocycles. The minimum Gasteiger partial charge on any atom is -0.463 e. The average Bonchev–Trinajstić information content (AvgIpc) is 3.09. The molecule has 2 aromatic carbocycles. The maximum absolute atomic E-state index is 13.0. The second-order valence-electron chi connectivity index (χ2n) is 11.7. The average molecular weight is 737 g/mol. The number of carbonyl (C=O) groups is 5. The molecule has 4 rings (SSSR count). The maximum atomic E-state index is 13.0. The van der Waals surface area contributed by atoms with Gasteiger partial charge in [0, 0.05) is 33.3 Å². The zero-order valence-electron chi connectivity index (χ0n) is 28.5. The topological polar surface area (TPSA) is 249 Å². The van der Waals surface area contributed by atoms with Gasteiger partial charge in [0.1, 0.15) is 55.2 Å². The lowest BCUT2D eigenvalue weighted by atomic mass is 9.98. The van der Waals surface area contributed by atoms with Crippen LogP contribution >= 0.6 is 0 Å². The predicted octanol–water partition coefficient (Wildman–Crippen LogP) is -0.316. The molecule has 2 fully saturated rings. The highest BCUT2D eigenvalue weighted by Crippen LogP contribution is 2.32. The van der Waals surface area contributed by atoms with Crippen LogP contribution in [0.5, 0.6) is 11.5 Å². The number of hydrogen-bond acceptors (Lipinski definition) is 18. The molecule has 0 radical (unpaired) electrons. The molecule has 18 heteroatoms. The molecule has 0 spiro atoms. The van der Waals surface area contributed by atoms with Crippen LogP contribution in [0, 0.1) is 0 Å². The zero-order valence-corrected chi connectivity index (χ0v) is 28.5. The van der Waals surface area contributed by atoms with E-state index < -0.39 is 104 Å². The Morgan fingerprint density at radius 3 is 1.85 bits per heavy atom. The van der Waals surface area contributed by atoms with Crippen LogP contribution in [-0.2, 0) is 58.9 Å². The predicted molar refractivity (Wildman–Crippen MR) is 169 cm³/mol. The van der Waals surface area contributed by atoms with Crippen LogP contribution in [-0.4, -0.2) is 125 Å². The molecule has 0 amide bonds. The molecule has 52 heavy (non-hydrogen) atoms. The number of esters is 5. The number of rotatable bonds is 13. The summed E-state index contributed by atoms with van der Waals surface area (Å²) in [4.78, 5) is 60.6. The molecule has 284 valence electrons. The standard InChI is InChI=1S/C34H40O18/c1-16(36)44-15-25-29(46-17(2)37)30(47-18(3)38)31(48-19(4)39)34(52-25)49-22-11-9-20(10-12-22)32(43)45-14-21-7-5-6-8-23(21)50-33-28(42)27(41)26(40)24(13-35)51-33/h5-12,24-31,33-35,40-42H,13-15H2,1-4H3/t24-,25-,26-,27+,28-,29-,30+,31-,33-,34-/m1/s1. The molecule has 18 nitrogen and oxygen atoms in total. The first-order valence-corrected chi connectivity index (χ1v) is 16.0. The van der Waals surface area contributed by atoms with E-state index in [1.807, 2.05) is 0 Å². The number of hydrogen-bond donors (Lipinski definition) is 4. The van der Waals surface area contributed by atoms with Gasteiger partial charge in [0.05, 0.1) is 12.2 Å². The third-order valence-corrected chi connectivity index (χ3v) is 7.71. The lowest BCUT2D eigenvalue weighted by molar-refractivity contribution is -0.288. The van der Waals surface area contributed by atoms with E-state index in [4.69, 9.17) is 42.6 Å². The summed E-state index contributed by atoms with van der Waals surface area (Å²) >= 11 is 0. The fraction of sp³-hybridized carbons (Fsp3) is 0.500. The highest BCUT2D eigenvalue weighted by molar-refractivity contribution is 5.89. The van der Waals surface area contributed by atoms with Gasteiger partial charge in [-0.2, -0.15) is 0 Å². The number of para-hydroxylation sites is 1. The minimum atomic E-state index is -1.65. The van der Waals surface area contributed by atoms with Crippen LogP contribution in [0.3, 0.4) is 0 Å². The summed E-state index contributed by atoms with van der Waals surface area (Å²) in [5.41, 5.74) is 0.442. The van der Waals surface area contributed by atoms with E-state index in [0.29, 0.717) is 5.56 Å². The van der Waals surface area contributed by atoms with Gasteiger partial charge in [-0.05, 0) is 30.3 Å². The Balaban J connectivity index is 1.47. The highest BCUT2D eigenvalue weighted by Gasteiger charge is 2.53. The van der Waals surface area contributed by atoms with E-state index in [-0.39, 0.29) is 23.7 Å². The van der Waals surface area contributed by atoms with Crippen molar-refractivity contribution in [2.75, 3.05) is 13.2 Å². The third kappa shape index (κ3) is 10.4. The second kappa shape index (κ2) is 18.1. The van der Waals surface area contributed by atoms with Crippen molar-refractivity contribution in [3.63, 3.8) is 0 Å². The first-order valence-electron chi connectivity index (χ1n) is 16.0. The molecule has 0 saturated carbocycles. The van der Waals surface area contributed by atoms with Gasteiger partial charge < -0.3 is 63.1 Å². The normalized spacial score (nSPS) is 28.5. The van der Waals surface area contributed by atoms with Gasteiger partial charge in [0.25, 0.3) is 0 Å². The van der Waals surface area contributed by atoms with Crippen LogP contribution in [0.4, 0.5) is 0 Å². The number of aliphatic hydroxyl groups is 4. The van der Waals surface area contributed by atoms with E-state index in [1.165, 1.54) is 30.3 Å². The first-order chi connectivity index (χ1) is 24.7. The zero-order chi connectivity index (χ0) is 38.1. The quantitative estimate of drug-likeness (QED) is 0.152. The maximum Gasteiger partial charge on any atom is 0.338 e. The summed E-state index contributed by atoms with van der Waals surface area (Å²) in [5, 5.41) is 39.9. The van der Waals surface area contributed by atoms with Crippen molar-refractivity contribution in [1.82, 2.24) is 0 Å². The van der Waals surface area contributed by atoms with Crippen LogP contribution in [0.2, 0.25) is 0 Å². The van der Waals surface area contributed by atoms with Gasteiger partial charge in [-0.1, -0.05) is 18.2 Å². The van der Waals surface area contributed by atoms with Crippen LogP contribution < -0.4 is 9.47 Å². The molecule has 0 unspecified atom stereocenters. The Morgan fingerprint density at radius 1 is 0.635 bits per heavy atom. The van der Waals surface area contributed by atoms with Gasteiger partial charge in [0.2, 0.25) is 18.7 Å². The Kier molecular flexibility index (Phi) is 13.9. The smallest absolute Gasteiger partial charge is 0.338 e. The number of ether oxygens (including phenoxy) is 9. The lowest BCUT2D eigenvalue weighted by Gasteiger charge is -2.43. The van der Waals surface area contributed by atoms with Crippen molar-refractivity contribution >= 4 is 29.8 Å². The summed E-state index contributed by atoms with van der Waals surface area (Å²) in [6.07, 6.45) is -14.5. The van der Waals surface area contributed by atoms with E-state index in [9.17, 15) is 44.4 Å². The van der Waals surface area contributed by atoms with Crippen molar-refractivity contribution in [3.8, 4) is 11.5 Å². The van der Waals surface area contributed by atoms with Crippen LogP contribution in [0.1, 0.15) is 43.6 Å². The second-order valence-corrected chi connectivity index (χ2v) is 11.7. The van der Waals surface area contributed by atoms with E-state index in [2.05, 4.69) is 0 Å². The van der Waals surface area contributed by atoms with Gasteiger partial charge in [-0.3, -0.25) is 19.2 Å². The summed E-state index contributed by atoms with van der Waals surface area (Å²) in [5.74, 6) is -3.62. The van der Waals surface area contributed by atoms with Gasteiger partial charge in [-0.15, -0.1) is 0 Å². The highest BCUT2D eigenvalue weighted by atomic mass is 16.7. The van der Waals surface area contributed by atoms with Crippen molar-refractivity contribution in [2.45, 2.75) is 95.7 Å². The minimum absolute atomic E-state index is 0.0845. The number of aliphatic hydroxyl groups excluding tert-OH is 4. The third-order valence-electron chi connectivity index (χ3n) is 7.71. The Hall–Kier alpha value is -4.85. The van der Waals surface area contributed by atoms with Gasteiger partial charge in [0.15, 0.2) is 12.2 Å². The Bertz CT molecular complexity index is 1560. The molecular weight excluding hydrogens is 696 g/mol. The van der Waals surface area contributed by atoms with E-state index >= 15 is 0 Å². The van der Waals surface area contributed by atoms with Crippen LogP contribution in [0.15, 0.2) is 48.5 Å². The molecule has 4 N–H and O–H groups in total. The number of benzene rings is 2. The molecule has 10 atom stereocenters. The van der Waals surface area contributed by atoms with Gasteiger partial charge >= 0.3 is 29.8 Å². The van der Waals surface area contributed by atoms with Crippen molar-refractivity contribution < 1.29 is 87.0 Å². The fourth-order valence-corrected chi connectivity index (χ4v) is 5.34. The fourth-order valence-electron chi connectivity index (χ4n) is 5.34. The van der Waals surface area contributed by atoms with Gasteiger partial charge in [-0.25, -0.2) is 4.79 Å². The lowest BCUT2D eigenvalue weighted by Crippen LogP contribution is -2.63. The van der Waals surface area contributed by atoms with Crippen molar-refractivity contribution in [1.29, 1.82) is 0 Å². The van der Waals surface area contributed by atoms with E-state index in [1.54, 1.807) is 18.2 Å².